The maximum absolute atomic E-state index is 13.6. The van der Waals surface area contributed by atoms with E-state index < -0.39 is 15.8 Å². The van der Waals surface area contributed by atoms with Crippen LogP contribution < -0.4 is 0 Å². The minimum Gasteiger partial charge on any atom is -0.207 e. The molecular weight excluding hydrogens is 345 g/mol. The first kappa shape index (κ1) is 14.5. The second kappa shape index (κ2) is 5.39. The summed E-state index contributed by atoms with van der Waals surface area (Å²) in [6, 6.07) is 4.02. The monoisotopic (exact) mass is 361 g/mol. The van der Waals surface area contributed by atoms with Crippen LogP contribution in [0.4, 0.5) is 4.39 Å². The third-order valence-electron chi connectivity index (χ3n) is 3.85. The first-order valence-corrected chi connectivity index (χ1v) is 9.15. The van der Waals surface area contributed by atoms with Crippen molar-refractivity contribution in [3.05, 3.63) is 28.5 Å². The lowest BCUT2D eigenvalue weighted by atomic mass is 10.3. The van der Waals surface area contributed by atoms with Crippen molar-refractivity contribution in [2.75, 3.05) is 13.1 Å². The normalized spacial score (nSPS) is 19.6. The summed E-state index contributed by atoms with van der Waals surface area (Å²) in [5.41, 5.74) is 0. The van der Waals surface area contributed by atoms with E-state index in [4.69, 9.17) is 0 Å². The van der Waals surface area contributed by atoms with Crippen molar-refractivity contribution in [1.82, 2.24) is 4.31 Å². The predicted molar refractivity (Wildman–Crippen MR) is 78.3 cm³/mol. The summed E-state index contributed by atoms with van der Waals surface area (Å²) in [7, 11) is -3.58. The maximum Gasteiger partial charge on any atom is 0.243 e. The van der Waals surface area contributed by atoms with Gasteiger partial charge in [-0.1, -0.05) is 0 Å². The SMILES string of the molecule is O=S(=O)(c1ccc(Br)c(F)c1)N(CC1CC1)CC1CC1. The highest BCUT2D eigenvalue weighted by atomic mass is 79.9. The van der Waals surface area contributed by atoms with Gasteiger partial charge < -0.3 is 0 Å². The van der Waals surface area contributed by atoms with Crippen LogP contribution in [-0.2, 0) is 10.0 Å². The van der Waals surface area contributed by atoms with E-state index in [1.807, 2.05) is 0 Å². The summed E-state index contributed by atoms with van der Waals surface area (Å²) in [5, 5.41) is 0. The fourth-order valence-electron chi connectivity index (χ4n) is 2.23. The topological polar surface area (TPSA) is 37.4 Å². The standard InChI is InChI=1S/C14H17BrFNO2S/c15-13-6-5-12(7-14(13)16)20(18,19)17(8-10-1-2-10)9-11-3-4-11/h5-7,10-11H,1-4,8-9H2. The molecule has 0 N–H and O–H groups in total. The first-order chi connectivity index (χ1) is 9.46. The highest BCUT2D eigenvalue weighted by molar-refractivity contribution is 9.10. The van der Waals surface area contributed by atoms with Crippen molar-refractivity contribution in [3.63, 3.8) is 0 Å². The Kier molecular flexibility index (Phi) is 3.90. The van der Waals surface area contributed by atoms with Crippen molar-refractivity contribution in [1.29, 1.82) is 0 Å². The van der Waals surface area contributed by atoms with Crippen LogP contribution in [0.2, 0.25) is 0 Å². The molecule has 0 amide bonds. The van der Waals surface area contributed by atoms with E-state index in [1.54, 1.807) is 4.31 Å². The zero-order valence-corrected chi connectivity index (χ0v) is 13.5. The average Bonchev–Trinajstić information content (AvgIpc) is 3.26. The van der Waals surface area contributed by atoms with Gasteiger partial charge in [-0.2, -0.15) is 4.31 Å². The van der Waals surface area contributed by atoms with Gasteiger partial charge in [-0.25, -0.2) is 12.8 Å². The van der Waals surface area contributed by atoms with Crippen molar-refractivity contribution < 1.29 is 12.8 Å². The van der Waals surface area contributed by atoms with Crippen molar-refractivity contribution >= 4 is 26.0 Å². The molecule has 1 aromatic rings. The number of sulfonamides is 1. The van der Waals surface area contributed by atoms with Crippen molar-refractivity contribution in [2.45, 2.75) is 30.6 Å². The lowest BCUT2D eigenvalue weighted by Crippen LogP contribution is -2.34. The Morgan fingerprint density at radius 2 is 1.70 bits per heavy atom. The van der Waals surface area contributed by atoms with Gasteiger partial charge in [0.1, 0.15) is 5.82 Å². The van der Waals surface area contributed by atoms with Gasteiger partial charge in [0.2, 0.25) is 10.0 Å². The van der Waals surface area contributed by atoms with E-state index in [0.29, 0.717) is 24.9 Å². The number of benzene rings is 1. The molecule has 2 aliphatic carbocycles. The third-order valence-corrected chi connectivity index (χ3v) is 6.32. The second-order valence-electron chi connectivity index (χ2n) is 5.78. The molecule has 0 radical (unpaired) electrons. The van der Waals surface area contributed by atoms with Gasteiger partial charge in [0, 0.05) is 13.1 Å². The lowest BCUT2D eigenvalue weighted by Gasteiger charge is -2.22. The zero-order chi connectivity index (χ0) is 14.3. The number of hydrogen-bond donors (Lipinski definition) is 0. The molecule has 0 heterocycles. The second-order valence-corrected chi connectivity index (χ2v) is 8.58. The number of hydrogen-bond acceptors (Lipinski definition) is 2. The molecule has 3 rings (SSSR count). The third kappa shape index (κ3) is 3.23. The van der Waals surface area contributed by atoms with Crippen LogP contribution in [0.3, 0.4) is 0 Å². The van der Waals surface area contributed by atoms with Gasteiger partial charge >= 0.3 is 0 Å². The number of halogens is 2. The molecule has 0 aromatic heterocycles. The first-order valence-electron chi connectivity index (χ1n) is 6.92. The van der Waals surface area contributed by atoms with Crippen LogP contribution in [0.1, 0.15) is 25.7 Å². The van der Waals surface area contributed by atoms with E-state index in [2.05, 4.69) is 15.9 Å². The fourth-order valence-corrected chi connectivity index (χ4v) is 4.09. The minimum atomic E-state index is -3.58. The largest absolute Gasteiger partial charge is 0.243 e. The summed E-state index contributed by atoms with van der Waals surface area (Å²) in [6.07, 6.45) is 4.41. The van der Waals surface area contributed by atoms with Gasteiger partial charge in [-0.15, -0.1) is 0 Å². The molecule has 0 unspecified atom stereocenters. The van der Waals surface area contributed by atoms with Crippen LogP contribution in [-0.4, -0.2) is 25.8 Å². The Bertz CT molecular complexity index is 598. The summed E-state index contributed by atoms with van der Waals surface area (Å²) in [5.74, 6) is 0.441. The number of nitrogens with zero attached hydrogens (tertiary/aromatic N) is 1. The Balaban J connectivity index is 1.86. The molecule has 2 fully saturated rings. The molecule has 0 saturated heterocycles. The minimum absolute atomic E-state index is 0.0551. The molecular formula is C14H17BrFNO2S. The number of rotatable bonds is 6. The molecule has 1 aromatic carbocycles. The van der Waals surface area contributed by atoms with E-state index in [1.165, 1.54) is 12.1 Å². The summed E-state index contributed by atoms with van der Waals surface area (Å²) >= 11 is 3.05. The van der Waals surface area contributed by atoms with Gasteiger partial charge in [-0.3, -0.25) is 0 Å². The molecule has 0 aliphatic heterocycles. The van der Waals surface area contributed by atoms with Gasteiger partial charge in [-0.05, 0) is 71.6 Å². The molecule has 110 valence electrons. The van der Waals surface area contributed by atoms with E-state index in [-0.39, 0.29) is 9.37 Å². The Morgan fingerprint density at radius 1 is 1.15 bits per heavy atom. The summed E-state index contributed by atoms with van der Waals surface area (Å²) < 4.78 is 40.8. The highest BCUT2D eigenvalue weighted by Crippen LogP contribution is 2.36. The molecule has 2 saturated carbocycles. The van der Waals surface area contributed by atoms with Crippen molar-refractivity contribution in [2.24, 2.45) is 11.8 Å². The molecule has 2 aliphatic rings. The average molecular weight is 362 g/mol. The van der Waals surface area contributed by atoms with Crippen LogP contribution in [0.15, 0.2) is 27.6 Å². The lowest BCUT2D eigenvalue weighted by molar-refractivity contribution is 0.382. The predicted octanol–water partition coefficient (Wildman–Crippen LogP) is 3.40. The van der Waals surface area contributed by atoms with Crippen LogP contribution >= 0.6 is 15.9 Å². The molecule has 0 bridgehead atoms. The van der Waals surface area contributed by atoms with Gasteiger partial charge in [0.15, 0.2) is 0 Å². The highest BCUT2D eigenvalue weighted by Gasteiger charge is 2.35. The summed E-state index contributed by atoms with van der Waals surface area (Å²) in [4.78, 5) is 0.0551. The van der Waals surface area contributed by atoms with Gasteiger partial charge in [0.05, 0.1) is 9.37 Å². The Morgan fingerprint density at radius 3 is 2.15 bits per heavy atom. The van der Waals surface area contributed by atoms with E-state index in [0.717, 1.165) is 31.7 Å². The quantitative estimate of drug-likeness (QED) is 0.778. The van der Waals surface area contributed by atoms with Crippen LogP contribution in [0.5, 0.6) is 0 Å². The van der Waals surface area contributed by atoms with Crippen LogP contribution in [0, 0.1) is 17.7 Å². The maximum atomic E-state index is 13.6. The summed E-state index contributed by atoms with van der Waals surface area (Å²) in [6.45, 7) is 1.16. The molecule has 0 atom stereocenters. The Hall–Kier alpha value is -0.460. The Labute approximate surface area is 127 Å². The molecule has 6 heteroatoms. The molecule has 20 heavy (non-hydrogen) atoms. The zero-order valence-electron chi connectivity index (χ0n) is 11.1. The van der Waals surface area contributed by atoms with E-state index >= 15 is 0 Å². The van der Waals surface area contributed by atoms with Gasteiger partial charge in [0.25, 0.3) is 0 Å². The van der Waals surface area contributed by atoms with E-state index in [9.17, 15) is 12.8 Å². The fraction of sp³-hybridized carbons (Fsp3) is 0.571. The van der Waals surface area contributed by atoms with Crippen molar-refractivity contribution in [3.8, 4) is 0 Å². The van der Waals surface area contributed by atoms with Crippen LogP contribution in [0.25, 0.3) is 0 Å². The molecule has 3 nitrogen and oxygen atoms in total. The smallest absolute Gasteiger partial charge is 0.207 e. The molecule has 0 spiro atoms.